The van der Waals surface area contributed by atoms with Crippen molar-refractivity contribution in [3.8, 4) is 11.6 Å². The van der Waals surface area contributed by atoms with E-state index in [1.54, 1.807) is 24.3 Å². The van der Waals surface area contributed by atoms with Crippen LogP contribution in [0.2, 0.25) is 0 Å². The van der Waals surface area contributed by atoms with Gasteiger partial charge in [-0.15, -0.1) is 0 Å². The minimum atomic E-state index is 0.474. The molecule has 0 spiro atoms. The van der Waals surface area contributed by atoms with Crippen molar-refractivity contribution in [3.63, 3.8) is 0 Å². The summed E-state index contributed by atoms with van der Waals surface area (Å²) < 4.78 is 5.47. The van der Waals surface area contributed by atoms with Gasteiger partial charge in [-0.3, -0.25) is 0 Å². The molecule has 0 aliphatic rings. The quantitative estimate of drug-likeness (QED) is 0.729. The molecule has 4 N–H and O–H groups in total. The molecule has 15 heavy (non-hydrogen) atoms. The smallest absolute Gasteiger partial charge is 0.219 e. The molecule has 2 aromatic rings. The molecule has 0 saturated heterocycles. The Morgan fingerprint density at radius 1 is 1.00 bits per heavy atom. The van der Waals surface area contributed by atoms with Crippen molar-refractivity contribution in [1.29, 1.82) is 0 Å². The fourth-order valence-corrected chi connectivity index (χ4v) is 1.14. The zero-order valence-corrected chi connectivity index (χ0v) is 8.05. The molecule has 0 atom stereocenters. The first-order valence-corrected chi connectivity index (χ1v) is 4.49. The predicted molar refractivity (Wildman–Crippen MR) is 59.6 cm³/mol. The summed E-state index contributed by atoms with van der Waals surface area (Å²) in [5, 5.41) is 0. The third-order valence-electron chi connectivity index (χ3n) is 1.89. The van der Waals surface area contributed by atoms with Crippen molar-refractivity contribution >= 4 is 11.4 Å². The molecule has 0 aliphatic carbocycles. The van der Waals surface area contributed by atoms with Crippen LogP contribution in [0.25, 0.3) is 0 Å². The second-order valence-corrected chi connectivity index (χ2v) is 3.07. The summed E-state index contributed by atoms with van der Waals surface area (Å²) in [7, 11) is 0. The zero-order valence-electron chi connectivity index (χ0n) is 8.05. The molecule has 0 radical (unpaired) electrons. The van der Waals surface area contributed by atoms with E-state index in [9.17, 15) is 0 Å². The molecular weight excluding hydrogens is 190 g/mol. The van der Waals surface area contributed by atoms with Gasteiger partial charge >= 0.3 is 0 Å². The Labute approximate surface area is 87.5 Å². The number of benzene rings is 1. The number of rotatable bonds is 2. The fraction of sp³-hybridized carbons (Fsp3) is 0. The van der Waals surface area contributed by atoms with Gasteiger partial charge < -0.3 is 16.2 Å². The van der Waals surface area contributed by atoms with Gasteiger partial charge in [-0.2, -0.15) is 0 Å². The molecular formula is C11H11N3O. The summed E-state index contributed by atoms with van der Waals surface area (Å²) in [6.45, 7) is 0. The normalized spacial score (nSPS) is 9.87. The Bertz CT molecular complexity index is 454. The van der Waals surface area contributed by atoms with E-state index in [1.165, 1.54) is 6.20 Å². The van der Waals surface area contributed by atoms with E-state index >= 15 is 0 Å². The number of pyridine rings is 1. The van der Waals surface area contributed by atoms with Gasteiger partial charge in [0, 0.05) is 6.07 Å². The maximum Gasteiger partial charge on any atom is 0.219 e. The number of nitrogens with zero attached hydrogens (tertiary/aromatic N) is 1. The largest absolute Gasteiger partial charge is 0.437 e. The highest BCUT2D eigenvalue weighted by atomic mass is 16.5. The molecule has 0 aliphatic heterocycles. The van der Waals surface area contributed by atoms with Gasteiger partial charge in [0.1, 0.15) is 0 Å². The highest BCUT2D eigenvalue weighted by molar-refractivity contribution is 5.53. The number of aromatic nitrogens is 1. The fourth-order valence-electron chi connectivity index (χ4n) is 1.14. The summed E-state index contributed by atoms with van der Waals surface area (Å²) in [4.78, 5) is 4.01. The lowest BCUT2D eigenvalue weighted by Crippen LogP contribution is -1.93. The molecule has 1 aromatic heterocycles. The van der Waals surface area contributed by atoms with Crippen LogP contribution in [0.15, 0.2) is 42.6 Å². The van der Waals surface area contributed by atoms with Crippen LogP contribution in [-0.2, 0) is 0 Å². The van der Waals surface area contributed by atoms with Crippen LogP contribution < -0.4 is 16.2 Å². The molecule has 1 aromatic carbocycles. The number of hydrogen-bond donors (Lipinski definition) is 2. The van der Waals surface area contributed by atoms with Gasteiger partial charge in [-0.25, -0.2) is 4.98 Å². The van der Waals surface area contributed by atoms with Crippen LogP contribution in [0.3, 0.4) is 0 Å². The highest BCUT2D eigenvalue weighted by Gasteiger charge is 2.01. The Hall–Kier alpha value is -2.23. The van der Waals surface area contributed by atoms with E-state index in [2.05, 4.69) is 4.98 Å². The standard InChI is InChI=1S/C11H11N3O/c12-8-5-6-11(14-7-8)15-10-4-2-1-3-9(10)13/h1-7H,12-13H2. The Balaban J connectivity index is 2.22. The second kappa shape index (κ2) is 3.88. The van der Waals surface area contributed by atoms with Crippen LogP contribution in [0, 0.1) is 0 Å². The Kier molecular flexibility index (Phi) is 2.41. The van der Waals surface area contributed by atoms with Crippen LogP contribution in [0.1, 0.15) is 0 Å². The molecule has 4 heteroatoms. The highest BCUT2D eigenvalue weighted by Crippen LogP contribution is 2.25. The summed E-state index contributed by atoms with van der Waals surface area (Å²) in [5.74, 6) is 1.07. The molecule has 76 valence electrons. The number of nitrogens with two attached hydrogens (primary N) is 2. The molecule has 1 heterocycles. The maximum absolute atomic E-state index is 5.72. The van der Waals surface area contributed by atoms with Crippen molar-refractivity contribution in [2.24, 2.45) is 0 Å². The Morgan fingerprint density at radius 3 is 2.47 bits per heavy atom. The third kappa shape index (κ3) is 2.17. The average molecular weight is 201 g/mol. The summed E-state index contributed by atoms with van der Waals surface area (Å²) >= 11 is 0. The third-order valence-corrected chi connectivity index (χ3v) is 1.89. The van der Waals surface area contributed by atoms with Crippen molar-refractivity contribution in [2.75, 3.05) is 11.5 Å². The van der Waals surface area contributed by atoms with Gasteiger partial charge in [0.25, 0.3) is 0 Å². The topological polar surface area (TPSA) is 74.2 Å². The summed E-state index contributed by atoms with van der Waals surface area (Å²) in [6.07, 6.45) is 1.54. The van der Waals surface area contributed by atoms with Gasteiger partial charge in [0.15, 0.2) is 5.75 Å². The van der Waals surface area contributed by atoms with Crippen molar-refractivity contribution < 1.29 is 4.74 Å². The molecule has 2 rings (SSSR count). The molecule has 0 saturated carbocycles. The van der Waals surface area contributed by atoms with E-state index in [0.717, 1.165) is 0 Å². The lowest BCUT2D eigenvalue weighted by Gasteiger charge is -2.06. The van der Waals surface area contributed by atoms with Crippen LogP contribution >= 0.6 is 0 Å². The number of ether oxygens (including phenoxy) is 1. The van der Waals surface area contributed by atoms with Crippen LogP contribution in [-0.4, -0.2) is 4.98 Å². The van der Waals surface area contributed by atoms with Gasteiger partial charge in [0.2, 0.25) is 5.88 Å². The monoisotopic (exact) mass is 201 g/mol. The molecule has 0 bridgehead atoms. The molecule has 0 unspecified atom stereocenters. The first-order valence-electron chi connectivity index (χ1n) is 4.49. The summed E-state index contributed by atoms with van der Waals surface area (Å²) in [5.41, 5.74) is 12.4. The molecule has 0 amide bonds. The zero-order chi connectivity index (χ0) is 10.7. The van der Waals surface area contributed by atoms with Gasteiger partial charge in [0.05, 0.1) is 17.6 Å². The molecule has 0 fully saturated rings. The van der Waals surface area contributed by atoms with E-state index < -0.39 is 0 Å². The van der Waals surface area contributed by atoms with Crippen molar-refractivity contribution in [2.45, 2.75) is 0 Å². The first-order chi connectivity index (χ1) is 7.25. The number of anilines is 2. The van der Waals surface area contributed by atoms with E-state index in [0.29, 0.717) is 23.0 Å². The second-order valence-electron chi connectivity index (χ2n) is 3.07. The summed E-state index contributed by atoms with van der Waals surface area (Å²) in [6, 6.07) is 10.7. The van der Waals surface area contributed by atoms with Crippen molar-refractivity contribution in [1.82, 2.24) is 4.98 Å². The molecule has 4 nitrogen and oxygen atoms in total. The predicted octanol–water partition coefficient (Wildman–Crippen LogP) is 2.04. The van der Waals surface area contributed by atoms with Crippen molar-refractivity contribution in [3.05, 3.63) is 42.6 Å². The average Bonchev–Trinajstić information content (AvgIpc) is 2.25. The van der Waals surface area contributed by atoms with E-state index in [1.807, 2.05) is 12.1 Å². The first kappa shape index (κ1) is 9.33. The van der Waals surface area contributed by atoms with Crippen LogP contribution in [0.4, 0.5) is 11.4 Å². The van der Waals surface area contributed by atoms with E-state index in [4.69, 9.17) is 16.2 Å². The SMILES string of the molecule is Nc1ccc(Oc2ccccc2N)nc1. The van der Waals surface area contributed by atoms with Gasteiger partial charge in [-0.1, -0.05) is 12.1 Å². The lowest BCUT2D eigenvalue weighted by molar-refractivity contribution is 0.465. The van der Waals surface area contributed by atoms with Crippen LogP contribution in [0.5, 0.6) is 11.6 Å². The minimum Gasteiger partial charge on any atom is -0.437 e. The maximum atomic E-state index is 5.72. The number of nitrogen functional groups attached to an aromatic ring is 2. The number of hydrogen-bond acceptors (Lipinski definition) is 4. The number of para-hydroxylation sites is 2. The minimum absolute atomic E-state index is 0.474. The Morgan fingerprint density at radius 2 is 1.80 bits per heavy atom. The van der Waals surface area contributed by atoms with E-state index in [-0.39, 0.29) is 0 Å². The van der Waals surface area contributed by atoms with Gasteiger partial charge in [-0.05, 0) is 18.2 Å². The lowest BCUT2D eigenvalue weighted by atomic mass is 10.3.